The summed E-state index contributed by atoms with van der Waals surface area (Å²) in [5, 5.41) is 10.5. The first-order valence-corrected chi connectivity index (χ1v) is 10.5. The van der Waals surface area contributed by atoms with Crippen molar-refractivity contribution in [3.05, 3.63) is 53.1 Å². The van der Waals surface area contributed by atoms with Crippen molar-refractivity contribution in [1.82, 2.24) is 4.90 Å². The van der Waals surface area contributed by atoms with Crippen molar-refractivity contribution >= 4 is 5.69 Å². The number of nitrogens with two attached hydrogens (primary N) is 1. The molecule has 3 N–H and O–H groups in total. The van der Waals surface area contributed by atoms with Crippen LogP contribution >= 0.6 is 0 Å². The number of anilines is 1. The highest BCUT2D eigenvalue weighted by atomic mass is 16.5. The van der Waals surface area contributed by atoms with Crippen LogP contribution in [0.5, 0.6) is 11.5 Å². The summed E-state index contributed by atoms with van der Waals surface area (Å²) in [6, 6.07) is 12.2. The molecule has 1 fully saturated rings. The van der Waals surface area contributed by atoms with Gasteiger partial charge in [0.2, 0.25) is 0 Å². The Bertz CT molecular complexity index is 791. The van der Waals surface area contributed by atoms with Gasteiger partial charge in [0.05, 0.1) is 18.9 Å². The van der Waals surface area contributed by atoms with Gasteiger partial charge in [0.25, 0.3) is 0 Å². The lowest BCUT2D eigenvalue weighted by Crippen LogP contribution is -2.44. The van der Waals surface area contributed by atoms with E-state index in [-0.39, 0.29) is 12.0 Å². The summed E-state index contributed by atoms with van der Waals surface area (Å²) >= 11 is 0. The molecular weight excluding hydrogens is 364 g/mol. The van der Waals surface area contributed by atoms with Crippen molar-refractivity contribution in [3.63, 3.8) is 0 Å². The molecule has 0 spiro atoms. The summed E-state index contributed by atoms with van der Waals surface area (Å²) in [6.07, 6.45) is 2.47. The lowest BCUT2D eigenvalue weighted by Gasteiger charge is -2.36. The summed E-state index contributed by atoms with van der Waals surface area (Å²) in [5.74, 6) is 1.43. The lowest BCUT2D eigenvalue weighted by atomic mass is 9.88. The molecule has 1 saturated heterocycles. The number of methoxy groups -OCH3 is 1. The predicted molar refractivity (Wildman–Crippen MR) is 117 cm³/mol. The lowest BCUT2D eigenvalue weighted by molar-refractivity contribution is 0.0270. The second-order valence-corrected chi connectivity index (χ2v) is 8.11. The van der Waals surface area contributed by atoms with Crippen molar-refractivity contribution in [3.8, 4) is 11.5 Å². The number of nitrogen functional groups attached to an aromatic ring is 1. The third-order valence-corrected chi connectivity index (χ3v) is 5.68. The third-order valence-electron chi connectivity index (χ3n) is 5.68. The SMILES string of the molecule is CCCN1CCC(O)C(Cc2cc(N)c(OCc3ccc(C)cc3)c(OC)c2)C1. The van der Waals surface area contributed by atoms with Gasteiger partial charge in [-0.3, -0.25) is 0 Å². The molecule has 5 heteroatoms. The van der Waals surface area contributed by atoms with Crippen LogP contribution in [0, 0.1) is 12.8 Å². The Morgan fingerprint density at radius 1 is 1.17 bits per heavy atom. The first kappa shape index (κ1) is 21.5. The molecule has 158 valence electrons. The molecule has 0 radical (unpaired) electrons. The molecule has 2 aromatic carbocycles. The summed E-state index contributed by atoms with van der Waals surface area (Å²) in [5.41, 5.74) is 10.3. The molecule has 0 saturated carbocycles. The fourth-order valence-corrected chi connectivity index (χ4v) is 4.06. The van der Waals surface area contributed by atoms with Crippen molar-refractivity contribution in [2.24, 2.45) is 5.92 Å². The molecule has 3 rings (SSSR count). The number of aliphatic hydroxyl groups is 1. The molecule has 0 aromatic heterocycles. The van der Waals surface area contributed by atoms with E-state index < -0.39 is 0 Å². The molecule has 1 aliphatic rings. The van der Waals surface area contributed by atoms with Gasteiger partial charge in [-0.15, -0.1) is 0 Å². The van der Waals surface area contributed by atoms with E-state index in [2.05, 4.69) is 43.0 Å². The number of ether oxygens (including phenoxy) is 2. The van der Waals surface area contributed by atoms with Gasteiger partial charge in [0.1, 0.15) is 6.61 Å². The van der Waals surface area contributed by atoms with E-state index in [1.165, 1.54) is 5.56 Å². The second kappa shape index (κ2) is 9.99. The molecule has 2 aromatic rings. The Balaban J connectivity index is 1.71. The Morgan fingerprint density at radius 3 is 2.62 bits per heavy atom. The molecule has 0 amide bonds. The van der Waals surface area contributed by atoms with Crippen molar-refractivity contribution in [2.75, 3.05) is 32.5 Å². The quantitative estimate of drug-likeness (QED) is 0.662. The molecule has 1 aliphatic heterocycles. The maximum absolute atomic E-state index is 10.5. The average Bonchev–Trinajstić information content (AvgIpc) is 2.71. The Kier molecular flexibility index (Phi) is 7.40. The van der Waals surface area contributed by atoms with Crippen LogP contribution in [0.15, 0.2) is 36.4 Å². The van der Waals surface area contributed by atoms with E-state index in [1.807, 2.05) is 12.1 Å². The van der Waals surface area contributed by atoms with Crippen LogP contribution < -0.4 is 15.2 Å². The fourth-order valence-electron chi connectivity index (χ4n) is 4.06. The number of hydrogen-bond acceptors (Lipinski definition) is 5. The monoisotopic (exact) mass is 398 g/mol. The number of aryl methyl sites for hydroxylation is 1. The van der Waals surface area contributed by atoms with Crippen LogP contribution in [-0.4, -0.2) is 42.9 Å². The molecule has 0 bridgehead atoms. The first-order valence-electron chi connectivity index (χ1n) is 10.5. The second-order valence-electron chi connectivity index (χ2n) is 8.11. The highest BCUT2D eigenvalue weighted by Gasteiger charge is 2.28. The highest BCUT2D eigenvalue weighted by molar-refractivity contribution is 5.62. The Labute approximate surface area is 174 Å². The standard InChI is InChI=1S/C24H34N2O3/c1-4-10-26-11-9-22(27)20(15-26)12-19-13-21(25)24(23(14-19)28-3)29-16-18-7-5-17(2)6-8-18/h5-8,13-14,20,22,27H,4,9-12,15-16,25H2,1-3H3. The average molecular weight is 399 g/mol. The molecule has 1 heterocycles. The normalized spacial score (nSPS) is 19.9. The third kappa shape index (κ3) is 5.64. The summed E-state index contributed by atoms with van der Waals surface area (Å²) in [6.45, 7) is 7.68. The number of aliphatic hydroxyl groups excluding tert-OH is 1. The minimum absolute atomic E-state index is 0.207. The molecule has 29 heavy (non-hydrogen) atoms. The van der Waals surface area contributed by atoms with Gasteiger partial charge < -0.3 is 25.2 Å². The van der Waals surface area contributed by atoms with Crippen LogP contribution in [0.4, 0.5) is 5.69 Å². The van der Waals surface area contributed by atoms with E-state index in [0.717, 1.165) is 50.0 Å². The number of nitrogens with zero attached hydrogens (tertiary/aromatic N) is 1. The van der Waals surface area contributed by atoms with E-state index in [9.17, 15) is 5.11 Å². The largest absolute Gasteiger partial charge is 0.493 e. The summed E-state index contributed by atoms with van der Waals surface area (Å²) in [7, 11) is 1.63. The van der Waals surface area contributed by atoms with Crippen molar-refractivity contribution in [2.45, 2.75) is 45.8 Å². The van der Waals surface area contributed by atoms with Gasteiger partial charge in [-0.25, -0.2) is 0 Å². The number of likely N-dealkylation sites (tertiary alicyclic amines) is 1. The topological polar surface area (TPSA) is 68.0 Å². The zero-order valence-electron chi connectivity index (χ0n) is 17.9. The maximum Gasteiger partial charge on any atom is 0.184 e. The molecular formula is C24H34N2O3. The number of piperidine rings is 1. The smallest absolute Gasteiger partial charge is 0.184 e. The van der Waals surface area contributed by atoms with Crippen molar-refractivity contribution in [1.29, 1.82) is 0 Å². The van der Waals surface area contributed by atoms with Gasteiger partial charge in [0, 0.05) is 19.0 Å². The first-order chi connectivity index (χ1) is 14.0. The van der Waals surface area contributed by atoms with Gasteiger partial charge in [-0.05, 0) is 56.0 Å². The van der Waals surface area contributed by atoms with Gasteiger partial charge in [-0.2, -0.15) is 0 Å². The van der Waals surface area contributed by atoms with E-state index in [1.54, 1.807) is 7.11 Å². The Hall–Kier alpha value is -2.24. The minimum Gasteiger partial charge on any atom is -0.493 e. The fraction of sp³-hybridized carbons (Fsp3) is 0.500. The number of rotatable bonds is 8. The van der Waals surface area contributed by atoms with E-state index >= 15 is 0 Å². The van der Waals surface area contributed by atoms with Crippen LogP contribution in [0.25, 0.3) is 0 Å². The number of hydrogen-bond donors (Lipinski definition) is 2. The van der Waals surface area contributed by atoms with Crippen LogP contribution in [0.1, 0.15) is 36.5 Å². The Morgan fingerprint density at radius 2 is 1.93 bits per heavy atom. The van der Waals surface area contributed by atoms with E-state index in [0.29, 0.717) is 23.8 Å². The molecule has 0 aliphatic carbocycles. The highest BCUT2D eigenvalue weighted by Crippen LogP contribution is 2.37. The maximum atomic E-state index is 10.5. The summed E-state index contributed by atoms with van der Waals surface area (Å²) < 4.78 is 11.6. The van der Waals surface area contributed by atoms with Crippen LogP contribution in [0.3, 0.4) is 0 Å². The van der Waals surface area contributed by atoms with Crippen LogP contribution in [-0.2, 0) is 13.0 Å². The minimum atomic E-state index is -0.271. The van der Waals surface area contributed by atoms with Gasteiger partial charge in [-0.1, -0.05) is 36.8 Å². The van der Waals surface area contributed by atoms with Crippen LogP contribution in [0.2, 0.25) is 0 Å². The summed E-state index contributed by atoms with van der Waals surface area (Å²) in [4.78, 5) is 2.44. The predicted octanol–water partition coefficient (Wildman–Crippen LogP) is 3.80. The molecule has 2 unspecified atom stereocenters. The van der Waals surface area contributed by atoms with Crippen molar-refractivity contribution < 1.29 is 14.6 Å². The zero-order valence-corrected chi connectivity index (χ0v) is 17.9. The van der Waals surface area contributed by atoms with E-state index in [4.69, 9.17) is 15.2 Å². The van der Waals surface area contributed by atoms with Gasteiger partial charge in [0.15, 0.2) is 11.5 Å². The zero-order chi connectivity index (χ0) is 20.8. The molecule has 5 nitrogen and oxygen atoms in total. The molecule has 2 atom stereocenters. The number of benzene rings is 2. The van der Waals surface area contributed by atoms with Gasteiger partial charge >= 0.3 is 0 Å².